The molecule has 0 bridgehead atoms. The molecule has 1 saturated heterocycles. The highest BCUT2D eigenvalue weighted by atomic mass is 19.1. The Morgan fingerprint density at radius 2 is 2.13 bits per heavy atom. The van der Waals surface area contributed by atoms with Gasteiger partial charge in [-0.15, -0.1) is 0 Å². The number of nitrogens with one attached hydrogen (secondary N) is 1. The second-order valence-corrected chi connectivity index (χ2v) is 8.11. The number of imidazole rings is 1. The van der Waals surface area contributed by atoms with Crippen LogP contribution in [0.15, 0.2) is 42.5 Å². The van der Waals surface area contributed by atoms with Crippen molar-refractivity contribution in [2.75, 3.05) is 23.4 Å². The second kappa shape index (κ2) is 7.77. The zero-order chi connectivity index (χ0) is 21.5. The van der Waals surface area contributed by atoms with Gasteiger partial charge in [0.05, 0.1) is 35.8 Å². The minimum atomic E-state index is -0.739. The van der Waals surface area contributed by atoms with Crippen LogP contribution in [0, 0.1) is 12.7 Å². The highest BCUT2D eigenvalue weighted by Crippen LogP contribution is 2.37. The van der Waals surface area contributed by atoms with Crippen molar-refractivity contribution in [1.82, 2.24) is 9.55 Å². The minimum Gasteiger partial charge on any atom is -0.376 e. The summed E-state index contributed by atoms with van der Waals surface area (Å²) < 4.78 is 21.7. The first kappa shape index (κ1) is 19.7. The van der Waals surface area contributed by atoms with E-state index in [0.29, 0.717) is 19.1 Å². The maximum Gasteiger partial charge on any atom is 0.253 e. The third-order valence-electron chi connectivity index (χ3n) is 5.87. The number of hydrogen-bond donors (Lipinski definition) is 1. The van der Waals surface area contributed by atoms with Crippen molar-refractivity contribution in [1.29, 1.82) is 0 Å². The van der Waals surface area contributed by atoms with Crippen molar-refractivity contribution in [3.8, 4) is 0 Å². The van der Waals surface area contributed by atoms with Gasteiger partial charge in [0, 0.05) is 6.61 Å². The van der Waals surface area contributed by atoms with Crippen LogP contribution in [0.1, 0.15) is 30.9 Å². The molecule has 7 nitrogen and oxygen atoms in total. The molecule has 31 heavy (non-hydrogen) atoms. The van der Waals surface area contributed by atoms with Crippen LogP contribution in [0.4, 0.5) is 16.0 Å². The molecule has 0 unspecified atom stereocenters. The van der Waals surface area contributed by atoms with E-state index in [9.17, 15) is 14.0 Å². The summed E-state index contributed by atoms with van der Waals surface area (Å²) in [4.78, 5) is 32.4. The lowest BCUT2D eigenvalue weighted by Crippen LogP contribution is -2.37. The van der Waals surface area contributed by atoms with Crippen LogP contribution in [-0.4, -0.2) is 40.6 Å². The van der Waals surface area contributed by atoms with E-state index in [0.717, 1.165) is 29.4 Å². The first-order valence-corrected chi connectivity index (χ1v) is 10.5. The molecular weight excluding hydrogens is 399 g/mol. The molecule has 3 aromatic rings. The number of aryl methyl sites for hydroxylation is 1. The normalized spacial score (nSPS) is 20.5. The Labute approximate surface area is 178 Å². The summed E-state index contributed by atoms with van der Waals surface area (Å²) in [5.74, 6) is -0.590. The average molecular weight is 422 g/mol. The smallest absolute Gasteiger partial charge is 0.253 e. The predicted octanol–water partition coefficient (Wildman–Crippen LogP) is 3.58. The van der Waals surface area contributed by atoms with E-state index >= 15 is 0 Å². The SMILES string of the molecule is Cc1ccc(NC(=O)C[C@H]2C(=O)N(C[C@H]3CCCO3)c3nc4ccccc4n32)c(F)c1. The lowest BCUT2D eigenvalue weighted by Gasteiger charge is -2.19. The molecule has 0 aliphatic carbocycles. The van der Waals surface area contributed by atoms with Crippen molar-refractivity contribution < 1.29 is 18.7 Å². The lowest BCUT2D eigenvalue weighted by atomic mass is 10.1. The Balaban J connectivity index is 1.44. The zero-order valence-corrected chi connectivity index (χ0v) is 17.2. The summed E-state index contributed by atoms with van der Waals surface area (Å²) >= 11 is 0. The van der Waals surface area contributed by atoms with Gasteiger partial charge in [-0.25, -0.2) is 9.37 Å². The molecule has 2 atom stereocenters. The van der Waals surface area contributed by atoms with Gasteiger partial charge < -0.3 is 10.1 Å². The molecule has 0 saturated carbocycles. The lowest BCUT2D eigenvalue weighted by molar-refractivity contribution is -0.124. The number of ether oxygens (including phenoxy) is 1. The Kier molecular flexibility index (Phi) is 4.94. The molecule has 1 N–H and O–H groups in total. The van der Waals surface area contributed by atoms with Crippen LogP contribution in [0.3, 0.4) is 0 Å². The number of para-hydroxylation sites is 2. The van der Waals surface area contributed by atoms with Gasteiger partial charge >= 0.3 is 0 Å². The third-order valence-corrected chi connectivity index (χ3v) is 5.87. The quantitative estimate of drug-likeness (QED) is 0.682. The van der Waals surface area contributed by atoms with Crippen LogP contribution in [0.25, 0.3) is 11.0 Å². The first-order valence-electron chi connectivity index (χ1n) is 10.5. The number of amides is 2. The van der Waals surface area contributed by atoms with Crippen molar-refractivity contribution in [3.05, 3.63) is 53.8 Å². The standard InChI is InChI=1S/C23H23FN4O3/c1-14-8-9-17(16(24)11-14)25-21(29)12-20-22(30)27(13-15-5-4-10-31-15)23-26-18-6-2-3-7-19(18)28(20)23/h2-3,6-9,11,15,20H,4-5,10,12-13H2,1H3,(H,25,29)/t15-,20+/m1/s1. The first-order chi connectivity index (χ1) is 15.0. The van der Waals surface area contributed by atoms with E-state index in [1.54, 1.807) is 17.9 Å². The van der Waals surface area contributed by atoms with Gasteiger partial charge in [0.25, 0.3) is 5.91 Å². The number of halogens is 1. The number of fused-ring (bicyclic) bond motifs is 3. The van der Waals surface area contributed by atoms with Gasteiger partial charge in [-0.3, -0.25) is 19.1 Å². The fourth-order valence-electron chi connectivity index (χ4n) is 4.36. The molecule has 0 radical (unpaired) electrons. The van der Waals surface area contributed by atoms with Crippen molar-refractivity contribution in [3.63, 3.8) is 0 Å². The van der Waals surface area contributed by atoms with E-state index in [-0.39, 0.29) is 24.1 Å². The third kappa shape index (κ3) is 3.57. The number of benzene rings is 2. The van der Waals surface area contributed by atoms with Gasteiger partial charge in [-0.05, 0) is 49.6 Å². The Morgan fingerprint density at radius 1 is 1.29 bits per heavy atom. The summed E-state index contributed by atoms with van der Waals surface area (Å²) in [5.41, 5.74) is 2.42. The molecule has 8 heteroatoms. The molecule has 2 aliphatic heterocycles. The number of nitrogens with zero attached hydrogens (tertiary/aromatic N) is 3. The van der Waals surface area contributed by atoms with Crippen LogP contribution in [-0.2, 0) is 14.3 Å². The van der Waals surface area contributed by atoms with Crippen molar-refractivity contribution in [2.45, 2.75) is 38.3 Å². The average Bonchev–Trinajstić information content (AvgIpc) is 3.44. The van der Waals surface area contributed by atoms with E-state index < -0.39 is 17.8 Å². The van der Waals surface area contributed by atoms with Gasteiger partial charge in [0.1, 0.15) is 11.9 Å². The second-order valence-electron chi connectivity index (χ2n) is 8.11. The number of aromatic nitrogens is 2. The van der Waals surface area contributed by atoms with Crippen LogP contribution in [0.2, 0.25) is 0 Å². The summed E-state index contributed by atoms with van der Waals surface area (Å²) in [6, 6.07) is 11.4. The number of anilines is 2. The van der Waals surface area contributed by atoms with E-state index in [1.165, 1.54) is 12.1 Å². The summed E-state index contributed by atoms with van der Waals surface area (Å²) in [6.45, 7) is 2.88. The van der Waals surface area contributed by atoms with Crippen LogP contribution in [0.5, 0.6) is 0 Å². The molecule has 3 heterocycles. The van der Waals surface area contributed by atoms with Gasteiger partial charge in [-0.2, -0.15) is 0 Å². The molecule has 1 fully saturated rings. The van der Waals surface area contributed by atoms with E-state index in [4.69, 9.17) is 4.74 Å². The highest BCUT2D eigenvalue weighted by molar-refractivity contribution is 6.05. The Bertz CT molecular complexity index is 1170. The number of carbonyl (C=O) groups excluding carboxylic acids is 2. The largest absolute Gasteiger partial charge is 0.376 e. The predicted molar refractivity (Wildman–Crippen MR) is 114 cm³/mol. The fraction of sp³-hybridized carbons (Fsp3) is 0.348. The Morgan fingerprint density at radius 3 is 2.90 bits per heavy atom. The van der Waals surface area contributed by atoms with Gasteiger partial charge in [0.15, 0.2) is 0 Å². The van der Waals surface area contributed by atoms with E-state index in [1.807, 2.05) is 28.8 Å². The van der Waals surface area contributed by atoms with Crippen molar-refractivity contribution >= 4 is 34.5 Å². The molecule has 2 aromatic carbocycles. The molecule has 5 rings (SSSR count). The number of rotatable bonds is 5. The molecule has 1 aromatic heterocycles. The van der Waals surface area contributed by atoms with Crippen LogP contribution >= 0.6 is 0 Å². The summed E-state index contributed by atoms with van der Waals surface area (Å²) in [7, 11) is 0. The summed E-state index contributed by atoms with van der Waals surface area (Å²) in [6.07, 6.45) is 1.71. The topological polar surface area (TPSA) is 76.5 Å². The fourth-order valence-corrected chi connectivity index (χ4v) is 4.36. The molecule has 0 spiro atoms. The molecule has 2 aliphatic rings. The molecular formula is C23H23FN4O3. The maximum atomic E-state index is 14.2. The minimum absolute atomic E-state index is 0.0357. The molecule has 2 amide bonds. The van der Waals surface area contributed by atoms with E-state index in [2.05, 4.69) is 10.3 Å². The van der Waals surface area contributed by atoms with Crippen LogP contribution < -0.4 is 10.2 Å². The monoisotopic (exact) mass is 422 g/mol. The van der Waals surface area contributed by atoms with Crippen molar-refractivity contribution in [2.24, 2.45) is 0 Å². The summed E-state index contributed by atoms with van der Waals surface area (Å²) in [5, 5.41) is 2.60. The number of hydrogen-bond acceptors (Lipinski definition) is 4. The Hall–Kier alpha value is -3.26. The van der Waals surface area contributed by atoms with Gasteiger partial charge in [0.2, 0.25) is 11.9 Å². The maximum absolute atomic E-state index is 14.2. The number of carbonyl (C=O) groups is 2. The highest BCUT2D eigenvalue weighted by Gasteiger charge is 2.42. The zero-order valence-electron chi connectivity index (χ0n) is 17.2. The molecule has 160 valence electrons. The van der Waals surface area contributed by atoms with Gasteiger partial charge in [-0.1, -0.05) is 18.2 Å².